The minimum Gasteiger partial charge on any atom is -0.375 e. The molecular formula is C22H35N7. The lowest BCUT2D eigenvalue weighted by Crippen LogP contribution is -2.46. The maximum atomic E-state index is 4.90. The number of nitrogens with zero attached hydrogens (tertiary/aromatic N) is 6. The second-order valence-electron chi connectivity index (χ2n) is 8.09. The van der Waals surface area contributed by atoms with E-state index in [4.69, 9.17) is 4.99 Å². The SMILES string of the molecule is Cc1nnc(CN=C(NCCCN(C)c2ccccc2)N2CCCC(C)C2)n1C. The van der Waals surface area contributed by atoms with Crippen LogP contribution in [0, 0.1) is 12.8 Å². The minimum absolute atomic E-state index is 0.550. The van der Waals surface area contributed by atoms with Gasteiger partial charge in [-0.15, -0.1) is 10.2 Å². The number of rotatable bonds is 7. The van der Waals surface area contributed by atoms with E-state index in [-0.39, 0.29) is 0 Å². The zero-order valence-electron chi connectivity index (χ0n) is 18.3. The van der Waals surface area contributed by atoms with Gasteiger partial charge >= 0.3 is 0 Å². The van der Waals surface area contributed by atoms with Crippen molar-refractivity contribution in [2.24, 2.45) is 18.0 Å². The largest absolute Gasteiger partial charge is 0.375 e. The second-order valence-corrected chi connectivity index (χ2v) is 8.09. The number of hydrogen-bond donors (Lipinski definition) is 1. The van der Waals surface area contributed by atoms with E-state index in [9.17, 15) is 0 Å². The molecule has 0 amide bonds. The van der Waals surface area contributed by atoms with Crippen LogP contribution in [0.3, 0.4) is 0 Å². The molecule has 0 radical (unpaired) electrons. The van der Waals surface area contributed by atoms with Crippen LogP contribution in [0.5, 0.6) is 0 Å². The quantitative estimate of drug-likeness (QED) is 0.442. The smallest absolute Gasteiger partial charge is 0.194 e. The Morgan fingerprint density at radius 1 is 1.28 bits per heavy atom. The molecule has 3 rings (SSSR count). The summed E-state index contributed by atoms with van der Waals surface area (Å²) >= 11 is 0. The van der Waals surface area contributed by atoms with Crippen molar-refractivity contribution in [2.45, 2.75) is 39.7 Å². The van der Waals surface area contributed by atoms with Gasteiger partial charge in [0.2, 0.25) is 0 Å². The normalized spacial score (nSPS) is 17.4. The molecule has 1 aromatic heterocycles. The van der Waals surface area contributed by atoms with E-state index >= 15 is 0 Å². The zero-order chi connectivity index (χ0) is 20.6. The van der Waals surface area contributed by atoms with Crippen molar-refractivity contribution in [3.05, 3.63) is 42.0 Å². The molecule has 158 valence electrons. The van der Waals surface area contributed by atoms with Gasteiger partial charge in [0.15, 0.2) is 11.8 Å². The number of hydrogen-bond acceptors (Lipinski definition) is 4. The first-order chi connectivity index (χ1) is 14.0. The monoisotopic (exact) mass is 397 g/mol. The minimum atomic E-state index is 0.550. The molecule has 2 aromatic rings. The van der Waals surface area contributed by atoms with E-state index < -0.39 is 0 Å². The Morgan fingerprint density at radius 3 is 2.76 bits per heavy atom. The van der Waals surface area contributed by atoms with Gasteiger partial charge in [0, 0.05) is 46.0 Å². The van der Waals surface area contributed by atoms with Gasteiger partial charge in [0.1, 0.15) is 12.4 Å². The van der Waals surface area contributed by atoms with Crippen LogP contribution >= 0.6 is 0 Å². The summed E-state index contributed by atoms with van der Waals surface area (Å²) in [5, 5.41) is 12.0. The number of aliphatic imine (C=N–C) groups is 1. The van der Waals surface area contributed by atoms with Gasteiger partial charge in [-0.2, -0.15) is 0 Å². The van der Waals surface area contributed by atoms with E-state index in [1.54, 1.807) is 0 Å². The van der Waals surface area contributed by atoms with E-state index in [1.165, 1.54) is 18.5 Å². The molecule has 1 N–H and O–H groups in total. The fourth-order valence-electron chi connectivity index (χ4n) is 3.71. The van der Waals surface area contributed by atoms with E-state index in [0.717, 1.165) is 50.2 Å². The van der Waals surface area contributed by atoms with Gasteiger partial charge in [0.05, 0.1) is 0 Å². The number of nitrogens with one attached hydrogen (secondary N) is 1. The number of para-hydroxylation sites is 1. The fraction of sp³-hybridized carbons (Fsp3) is 0.591. The highest BCUT2D eigenvalue weighted by Crippen LogP contribution is 2.16. The summed E-state index contributed by atoms with van der Waals surface area (Å²) in [7, 11) is 4.14. The maximum absolute atomic E-state index is 4.90. The van der Waals surface area contributed by atoms with Crippen LogP contribution in [0.2, 0.25) is 0 Å². The van der Waals surface area contributed by atoms with Gasteiger partial charge in [-0.25, -0.2) is 4.99 Å². The number of aromatic nitrogens is 3. The molecule has 1 saturated heterocycles. The number of aryl methyl sites for hydroxylation is 1. The third-order valence-corrected chi connectivity index (χ3v) is 5.66. The first-order valence-corrected chi connectivity index (χ1v) is 10.7. The zero-order valence-corrected chi connectivity index (χ0v) is 18.3. The summed E-state index contributed by atoms with van der Waals surface area (Å²) < 4.78 is 2.01. The molecule has 0 saturated carbocycles. The molecule has 1 atom stereocenters. The molecule has 1 aliphatic rings. The van der Waals surface area contributed by atoms with Crippen LogP contribution in [0.25, 0.3) is 0 Å². The van der Waals surface area contributed by atoms with Crippen molar-refractivity contribution < 1.29 is 0 Å². The molecule has 7 nitrogen and oxygen atoms in total. The number of benzene rings is 1. The van der Waals surface area contributed by atoms with Crippen molar-refractivity contribution in [3.8, 4) is 0 Å². The lowest BCUT2D eigenvalue weighted by Gasteiger charge is -2.33. The fourth-order valence-corrected chi connectivity index (χ4v) is 3.71. The molecule has 7 heteroatoms. The summed E-state index contributed by atoms with van der Waals surface area (Å²) in [6, 6.07) is 10.5. The summed E-state index contributed by atoms with van der Waals surface area (Å²) in [5.41, 5.74) is 1.25. The van der Waals surface area contributed by atoms with Crippen LogP contribution in [0.1, 0.15) is 37.8 Å². The van der Waals surface area contributed by atoms with Crippen LogP contribution in [-0.4, -0.2) is 58.9 Å². The average Bonchev–Trinajstić information content (AvgIpc) is 3.06. The Labute approximate surface area is 174 Å². The third kappa shape index (κ3) is 5.95. The lowest BCUT2D eigenvalue weighted by molar-refractivity contribution is 0.265. The predicted molar refractivity (Wildman–Crippen MR) is 119 cm³/mol. The Balaban J connectivity index is 1.57. The first-order valence-electron chi connectivity index (χ1n) is 10.7. The topological polar surface area (TPSA) is 61.6 Å². The van der Waals surface area contributed by atoms with Crippen molar-refractivity contribution in [1.82, 2.24) is 25.0 Å². The van der Waals surface area contributed by atoms with Gasteiger partial charge < -0.3 is 19.7 Å². The predicted octanol–water partition coefficient (Wildman–Crippen LogP) is 2.83. The van der Waals surface area contributed by atoms with E-state index in [0.29, 0.717) is 12.5 Å². The van der Waals surface area contributed by atoms with Gasteiger partial charge in [-0.3, -0.25) is 0 Å². The van der Waals surface area contributed by atoms with Crippen molar-refractivity contribution in [3.63, 3.8) is 0 Å². The highest BCUT2D eigenvalue weighted by molar-refractivity contribution is 5.80. The van der Waals surface area contributed by atoms with Gasteiger partial charge in [-0.05, 0) is 44.2 Å². The van der Waals surface area contributed by atoms with E-state index in [2.05, 4.69) is 69.6 Å². The van der Waals surface area contributed by atoms with Crippen molar-refractivity contribution >= 4 is 11.6 Å². The molecule has 1 aliphatic heterocycles. The van der Waals surface area contributed by atoms with Crippen LogP contribution < -0.4 is 10.2 Å². The highest BCUT2D eigenvalue weighted by atomic mass is 15.3. The summed E-state index contributed by atoms with van der Waals surface area (Å²) in [5.74, 6) is 3.52. The highest BCUT2D eigenvalue weighted by Gasteiger charge is 2.19. The number of anilines is 1. The average molecular weight is 398 g/mol. The number of guanidine groups is 1. The molecule has 1 unspecified atom stereocenters. The molecule has 1 aromatic carbocycles. The Morgan fingerprint density at radius 2 is 2.07 bits per heavy atom. The first kappa shape index (κ1) is 21.1. The van der Waals surface area contributed by atoms with E-state index in [1.807, 2.05) is 18.5 Å². The number of likely N-dealkylation sites (tertiary alicyclic amines) is 1. The van der Waals surface area contributed by atoms with Crippen LogP contribution in [-0.2, 0) is 13.6 Å². The molecule has 0 aliphatic carbocycles. The standard InChI is InChI=1S/C22H35N7/c1-18-10-8-15-29(17-18)22(24-16-21-26-25-19(2)28(21)4)23-13-9-14-27(3)20-11-6-5-7-12-20/h5-7,11-12,18H,8-10,13-17H2,1-4H3,(H,23,24). The molecular weight excluding hydrogens is 362 g/mol. The molecule has 2 heterocycles. The summed E-state index contributed by atoms with van der Waals surface area (Å²) in [6.07, 6.45) is 3.58. The van der Waals surface area contributed by atoms with Gasteiger partial charge in [-0.1, -0.05) is 25.1 Å². The lowest BCUT2D eigenvalue weighted by atomic mass is 10.0. The maximum Gasteiger partial charge on any atom is 0.194 e. The Kier molecular flexibility index (Phi) is 7.49. The van der Waals surface area contributed by atoms with Crippen molar-refractivity contribution in [2.75, 3.05) is 38.1 Å². The molecule has 0 spiro atoms. The summed E-state index contributed by atoms with van der Waals surface area (Å²) in [6.45, 7) is 8.88. The summed E-state index contributed by atoms with van der Waals surface area (Å²) in [4.78, 5) is 9.59. The molecule has 1 fully saturated rings. The second kappa shape index (κ2) is 10.3. The third-order valence-electron chi connectivity index (χ3n) is 5.66. The van der Waals surface area contributed by atoms with Crippen LogP contribution in [0.4, 0.5) is 5.69 Å². The van der Waals surface area contributed by atoms with Crippen LogP contribution in [0.15, 0.2) is 35.3 Å². The molecule has 29 heavy (non-hydrogen) atoms. The molecule has 0 bridgehead atoms. The van der Waals surface area contributed by atoms with Gasteiger partial charge in [0.25, 0.3) is 0 Å². The Bertz CT molecular complexity index is 784. The number of piperidine rings is 1. The Hall–Kier alpha value is -2.57. The van der Waals surface area contributed by atoms with Crippen molar-refractivity contribution in [1.29, 1.82) is 0 Å².